The van der Waals surface area contributed by atoms with Crippen molar-refractivity contribution in [1.29, 1.82) is 0 Å². The van der Waals surface area contributed by atoms with Gasteiger partial charge in [-0.25, -0.2) is 0 Å². The van der Waals surface area contributed by atoms with E-state index in [4.69, 9.17) is 14.2 Å². The molecule has 1 fully saturated rings. The zero-order chi connectivity index (χ0) is 25.6. The van der Waals surface area contributed by atoms with Crippen molar-refractivity contribution >= 4 is 45.6 Å². The van der Waals surface area contributed by atoms with E-state index in [9.17, 15) is 4.79 Å². The molecule has 7 nitrogen and oxygen atoms in total. The summed E-state index contributed by atoms with van der Waals surface area (Å²) >= 11 is 1.63. The molecule has 1 saturated heterocycles. The van der Waals surface area contributed by atoms with Gasteiger partial charge < -0.3 is 29.4 Å². The van der Waals surface area contributed by atoms with Crippen LogP contribution >= 0.6 is 23.7 Å². The number of amides is 1. The number of carbonyl (C=O) groups excluding carboxylic acids is 1. The predicted octanol–water partition coefficient (Wildman–Crippen LogP) is 6.02. The van der Waals surface area contributed by atoms with E-state index in [2.05, 4.69) is 10.6 Å². The van der Waals surface area contributed by atoms with Crippen LogP contribution in [-0.4, -0.2) is 36.8 Å². The Morgan fingerprint density at radius 3 is 2.61 bits per heavy atom. The molecule has 9 heteroatoms. The van der Waals surface area contributed by atoms with Crippen molar-refractivity contribution < 1.29 is 19.0 Å². The minimum atomic E-state index is -0.153. The van der Waals surface area contributed by atoms with E-state index < -0.39 is 0 Å². The first kappa shape index (κ1) is 28.0. The van der Waals surface area contributed by atoms with Gasteiger partial charge in [0, 0.05) is 37.4 Å². The summed E-state index contributed by atoms with van der Waals surface area (Å²) in [4.78, 5) is 13.2. The molecule has 1 amide bonds. The third kappa shape index (κ3) is 6.50. The molecule has 0 saturated carbocycles. The zero-order valence-electron chi connectivity index (χ0n) is 21.7. The fourth-order valence-corrected chi connectivity index (χ4v) is 5.43. The number of carbonyl (C=O) groups is 1. The highest BCUT2D eigenvalue weighted by Crippen LogP contribution is 2.28. The highest BCUT2D eigenvalue weighted by Gasteiger charge is 2.18. The van der Waals surface area contributed by atoms with Gasteiger partial charge in [0.25, 0.3) is 5.91 Å². The molecule has 0 spiro atoms. The van der Waals surface area contributed by atoms with E-state index in [1.807, 2.05) is 78.5 Å². The summed E-state index contributed by atoms with van der Waals surface area (Å²) in [7, 11) is 1.91. The molecule has 1 atom stereocenters. The monoisotopic (exact) mass is 555 g/mol. The molecular weight excluding hydrogens is 522 g/mol. The van der Waals surface area contributed by atoms with Gasteiger partial charge in [0.1, 0.15) is 23.8 Å². The van der Waals surface area contributed by atoms with Crippen LogP contribution in [0.25, 0.3) is 10.2 Å². The average Bonchev–Trinajstić information content (AvgIpc) is 3.66. The highest BCUT2D eigenvalue weighted by molar-refractivity contribution is 7.17. The van der Waals surface area contributed by atoms with Crippen molar-refractivity contribution in [3.8, 4) is 11.5 Å². The van der Waals surface area contributed by atoms with Crippen LogP contribution in [0.2, 0.25) is 0 Å². The van der Waals surface area contributed by atoms with Gasteiger partial charge in [0.15, 0.2) is 0 Å². The molecule has 4 aromatic rings. The van der Waals surface area contributed by atoms with Gasteiger partial charge in [-0.1, -0.05) is 12.1 Å². The smallest absolute Gasteiger partial charge is 0.272 e. The van der Waals surface area contributed by atoms with Crippen LogP contribution < -0.4 is 20.1 Å². The fraction of sp³-hybridized carbons (Fsp3) is 0.345. The molecule has 2 aromatic heterocycles. The lowest BCUT2D eigenvalue weighted by atomic mass is 10.1. The summed E-state index contributed by atoms with van der Waals surface area (Å²) in [5.41, 5.74) is 4.27. The number of benzene rings is 2. The first-order valence-corrected chi connectivity index (χ1v) is 13.6. The van der Waals surface area contributed by atoms with Crippen molar-refractivity contribution in [3.05, 3.63) is 76.8 Å². The number of aryl methyl sites for hydroxylation is 1. The Morgan fingerprint density at radius 2 is 1.89 bits per heavy atom. The largest absolute Gasteiger partial charge is 0.493 e. The lowest BCUT2D eigenvalue weighted by Gasteiger charge is -2.17. The summed E-state index contributed by atoms with van der Waals surface area (Å²) in [6, 6.07) is 17.5. The minimum absolute atomic E-state index is 0. The SMILES string of the molecule is CCOCc1cccc(NC(=O)c2cc3sccc3n2C)c1COc1ccc(OC[C@@H]2CCNC2)cc1.Cl. The normalized spacial score (nSPS) is 14.8. The van der Waals surface area contributed by atoms with Crippen LogP contribution in [0, 0.1) is 5.92 Å². The first-order chi connectivity index (χ1) is 18.1. The summed E-state index contributed by atoms with van der Waals surface area (Å²) in [6.45, 7) is 6.13. The second kappa shape index (κ2) is 13.2. The van der Waals surface area contributed by atoms with Gasteiger partial charge in [0.2, 0.25) is 0 Å². The summed E-state index contributed by atoms with van der Waals surface area (Å²) in [6.07, 6.45) is 1.16. The maximum absolute atomic E-state index is 13.2. The zero-order valence-corrected chi connectivity index (χ0v) is 23.3. The number of ether oxygens (including phenoxy) is 3. The Bertz CT molecular complexity index is 1350. The minimum Gasteiger partial charge on any atom is -0.493 e. The van der Waals surface area contributed by atoms with Gasteiger partial charge in [-0.3, -0.25) is 4.79 Å². The topological polar surface area (TPSA) is 73.8 Å². The van der Waals surface area contributed by atoms with E-state index in [1.54, 1.807) is 11.3 Å². The first-order valence-electron chi connectivity index (χ1n) is 12.7. The van der Waals surface area contributed by atoms with Gasteiger partial charge in [-0.15, -0.1) is 23.7 Å². The van der Waals surface area contributed by atoms with E-state index in [1.165, 1.54) is 0 Å². The molecule has 3 heterocycles. The quantitative estimate of drug-likeness (QED) is 0.237. The molecule has 202 valence electrons. The van der Waals surface area contributed by atoms with Crippen LogP contribution in [0.15, 0.2) is 60.0 Å². The van der Waals surface area contributed by atoms with Gasteiger partial charge >= 0.3 is 0 Å². The molecule has 1 aliphatic heterocycles. The van der Waals surface area contributed by atoms with Crippen molar-refractivity contribution in [1.82, 2.24) is 9.88 Å². The summed E-state index contributed by atoms with van der Waals surface area (Å²) in [5, 5.41) is 8.51. The Morgan fingerprint density at radius 1 is 1.11 bits per heavy atom. The van der Waals surface area contributed by atoms with Crippen molar-refractivity contribution in [2.75, 3.05) is 31.6 Å². The van der Waals surface area contributed by atoms with Crippen molar-refractivity contribution in [2.24, 2.45) is 13.0 Å². The molecule has 0 unspecified atom stereocenters. The third-order valence-corrected chi connectivity index (χ3v) is 7.59. The van der Waals surface area contributed by atoms with Crippen LogP contribution in [0.3, 0.4) is 0 Å². The number of thiophene rings is 1. The Balaban J connectivity index is 0.00000336. The number of aromatic nitrogens is 1. The standard InChI is InChI=1S/C29H33N3O4S.ClH/c1-3-34-18-21-5-4-6-25(31-29(33)27-15-28-26(32(27)2)12-14-37-28)24(21)19-36-23-9-7-22(8-10-23)35-17-20-11-13-30-16-20;/h4-10,12,14-15,20,30H,3,11,13,16-19H2,1-2H3,(H,31,33);1H/t20-;/m1./s1. The molecule has 0 aliphatic carbocycles. The lowest BCUT2D eigenvalue weighted by molar-refractivity contribution is 0.101. The maximum Gasteiger partial charge on any atom is 0.272 e. The molecule has 38 heavy (non-hydrogen) atoms. The maximum atomic E-state index is 13.2. The van der Waals surface area contributed by atoms with E-state index in [0.717, 1.165) is 64.6 Å². The highest BCUT2D eigenvalue weighted by atomic mass is 35.5. The molecule has 1 aliphatic rings. The number of nitrogens with one attached hydrogen (secondary N) is 2. The van der Waals surface area contributed by atoms with Gasteiger partial charge in [-0.2, -0.15) is 0 Å². The van der Waals surface area contributed by atoms with Crippen LogP contribution in [0.5, 0.6) is 11.5 Å². The molecule has 5 rings (SSSR count). The second-order valence-corrected chi connectivity index (χ2v) is 10.2. The second-order valence-electron chi connectivity index (χ2n) is 9.22. The average molecular weight is 556 g/mol. The Labute approximate surface area is 233 Å². The fourth-order valence-electron chi connectivity index (χ4n) is 4.58. The number of rotatable bonds is 11. The predicted molar refractivity (Wildman–Crippen MR) is 155 cm³/mol. The molecule has 0 radical (unpaired) electrons. The molecule has 0 bridgehead atoms. The lowest BCUT2D eigenvalue weighted by Crippen LogP contribution is -2.18. The Kier molecular flexibility index (Phi) is 9.69. The number of halogens is 1. The number of hydrogen-bond acceptors (Lipinski definition) is 6. The van der Waals surface area contributed by atoms with Gasteiger partial charge in [-0.05, 0) is 73.3 Å². The third-order valence-electron chi connectivity index (χ3n) is 6.73. The Hall–Kier alpha value is -3.04. The van der Waals surface area contributed by atoms with E-state index in [0.29, 0.717) is 31.4 Å². The summed E-state index contributed by atoms with van der Waals surface area (Å²) in [5.74, 6) is 1.99. The molecule has 2 aromatic carbocycles. The van der Waals surface area contributed by atoms with Crippen molar-refractivity contribution in [3.63, 3.8) is 0 Å². The summed E-state index contributed by atoms with van der Waals surface area (Å²) < 4.78 is 20.8. The van der Waals surface area contributed by atoms with E-state index >= 15 is 0 Å². The number of fused-ring (bicyclic) bond motifs is 1. The van der Waals surface area contributed by atoms with Crippen LogP contribution in [0.1, 0.15) is 35.0 Å². The van der Waals surface area contributed by atoms with Crippen LogP contribution in [-0.2, 0) is 25.0 Å². The number of anilines is 1. The van der Waals surface area contributed by atoms with Crippen molar-refractivity contribution in [2.45, 2.75) is 26.6 Å². The number of hydrogen-bond donors (Lipinski definition) is 2. The van der Waals surface area contributed by atoms with Gasteiger partial charge in [0.05, 0.1) is 23.4 Å². The number of nitrogens with zero attached hydrogens (tertiary/aromatic N) is 1. The molecular formula is C29H34ClN3O4S. The van der Waals surface area contributed by atoms with E-state index in [-0.39, 0.29) is 18.3 Å². The van der Waals surface area contributed by atoms with Crippen LogP contribution in [0.4, 0.5) is 5.69 Å². The molecule has 2 N–H and O–H groups in total.